The van der Waals surface area contributed by atoms with Crippen LogP contribution < -0.4 is 9.44 Å². The molecule has 0 amide bonds. The molecule has 92 valence electrons. The maximum Gasteiger partial charge on any atom is 0.277 e. The van der Waals surface area contributed by atoms with E-state index in [0.717, 1.165) is 10.7 Å². The van der Waals surface area contributed by atoms with Crippen molar-refractivity contribution < 1.29 is 8.42 Å². The largest absolute Gasteiger partial charge is 0.277 e. The first-order chi connectivity index (χ1) is 7.39. The van der Waals surface area contributed by atoms with Gasteiger partial charge in [-0.15, -0.1) is 11.3 Å². The van der Waals surface area contributed by atoms with Crippen LogP contribution in [0.3, 0.4) is 0 Å². The van der Waals surface area contributed by atoms with E-state index >= 15 is 0 Å². The van der Waals surface area contributed by atoms with Crippen LogP contribution in [0.2, 0.25) is 0 Å². The molecule has 0 radical (unpaired) electrons. The number of aryl methyl sites for hydroxylation is 1. The summed E-state index contributed by atoms with van der Waals surface area (Å²) in [7, 11) is -3.37. The number of hydrogen-bond donors (Lipinski definition) is 2. The third kappa shape index (κ3) is 5.02. The molecule has 5 nitrogen and oxygen atoms in total. The molecule has 0 aromatic carbocycles. The summed E-state index contributed by atoms with van der Waals surface area (Å²) >= 11 is 1.57. The van der Waals surface area contributed by atoms with E-state index in [1.807, 2.05) is 12.3 Å². The summed E-state index contributed by atoms with van der Waals surface area (Å²) in [6.45, 7) is 5.86. The van der Waals surface area contributed by atoms with E-state index in [1.54, 1.807) is 25.2 Å². The molecule has 0 bridgehead atoms. The van der Waals surface area contributed by atoms with Gasteiger partial charge in [-0.1, -0.05) is 0 Å². The summed E-state index contributed by atoms with van der Waals surface area (Å²) in [6, 6.07) is -0.0981. The zero-order chi connectivity index (χ0) is 12.2. The maximum absolute atomic E-state index is 11.4. The fourth-order valence-corrected chi connectivity index (χ4v) is 2.91. The number of nitrogens with zero attached hydrogens (tertiary/aromatic N) is 1. The molecule has 1 heterocycles. The van der Waals surface area contributed by atoms with E-state index in [2.05, 4.69) is 14.4 Å². The molecule has 0 saturated heterocycles. The molecule has 0 aliphatic carbocycles. The standard InChI is InChI=1S/C9H17N3O2S2/c1-7(2)12-16(13,14)10-5-4-9-6-15-8(3)11-9/h6-7,10,12H,4-5H2,1-3H3. The monoisotopic (exact) mass is 263 g/mol. The quantitative estimate of drug-likeness (QED) is 0.798. The highest BCUT2D eigenvalue weighted by Crippen LogP contribution is 2.07. The maximum atomic E-state index is 11.4. The summed E-state index contributed by atoms with van der Waals surface area (Å²) < 4.78 is 27.7. The van der Waals surface area contributed by atoms with Crippen molar-refractivity contribution in [2.75, 3.05) is 6.54 Å². The second-order valence-electron chi connectivity index (χ2n) is 3.78. The van der Waals surface area contributed by atoms with Crippen molar-refractivity contribution in [3.63, 3.8) is 0 Å². The van der Waals surface area contributed by atoms with Crippen LogP contribution in [0.5, 0.6) is 0 Å². The molecule has 2 N–H and O–H groups in total. The molecule has 16 heavy (non-hydrogen) atoms. The Bertz CT molecular complexity index is 426. The highest BCUT2D eigenvalue weighted by atomic mass is 32.2. The van der Waals surface area contributed by atoms with Crippen LogP contribution in [0.1, 0.15) is 24.5 Å². The topological polar surface area (TPSA) is 71.1 Å². The highest BCUT2D eigenvalue weighted by molar-refractivity contribution is 7.87. The predicted octanol–water partition coefficient (Wildman–Crippen LogP) is 0.826. The van der Waals surface area contributed by atoms with Crippen LogP contribution in [-0.2, 0) is 16.6 Å². The zero-order valence-electron chi connectivity index (χ0n) is 9.65. The van der Waals surface area contributed by atoms with Crippen molar-refractivity contribution in [3.8, 4) is 0 Å². The third-order valence-electron chi connectivity index (χ3n) is 1.73. The lowest BCUT2D eigenvalue weighted by atomic mass is 10.3. The number of nitrogens with one attached hydrogen (secondary N) is 2. The Balaban J connectivity index is 2.35. The summed E-state index contributed by atoms with van der Waals surface area (Å²) in [5.41, 5.74) is 0.926. The predicted molar refractivity (Wildman–Crippen MR) is 65.7 cm³/mol. The Morgan fingerprint density at radius 1 is 1.50 bits per heavy atom. The van der Waals surface area contributed by atoms with Gasteiger partial charge in [0.25, 0.3) is 10.2 Å². The first-order valence-corrected chi connectivity index (χ1v) is 7.43. The zero-order valence-corrected chi connectivity index (χ0v) is 11.3. The Morgan fingerprint density at radius 3 is 2.69 bits per heavy atom. The van der Waals surface area contributed by atoms with Crippen molar-refractivity contribution >= 4 is 21.5 Å². The molecule has 1 rings (SSSR count). The minimum Gasteiger partial charge on any atom is -0.247 e. The van der Waals surface area contributed by atoms with Crippen LogP contribution >= 0.6 is 11.3 Å². The molecule has 7 heteroatoms. The van der Waals surface area contributed by atoms with Gasteiger partial charge in [0.1, 0.15) is 0 Å². The summed E-state index contributed by atoms with van der Waals surface area (Å²) in [5.74, 6) is 0. The van der Waals surface area contributed by atoms with Gasteiger partial charge in [0.15, 0.2) is 0 Å². The number of rotatable bonds is 6. The fourth-order valence-electron chi connectivity index (χ4n) is 1.19. The van der Waals surface area contributed by atoms with Crippen molar-refractivity contribution in [2.24, 2.45) is 0 Å². The normalized spacial score (nSPS) is 12.2. The van der Waals surface area contributed by atoms with Gasteiger partial charge in [-0.3, -0.25) is 0 Å². The molecular formula is C9H17N3O2S2. The van der Waals surface area contributed by atoms with Crippen molar-refractivity contribution in [1.82, 2.24) is 14.4 Å². The SMILES string of the molecule is Cc1nc(CCNS(=O)(=O)NC(C)C)cs1. The van der Waals surface area contributed by atoms with Gasteiger partial charge in [0.2, 0.25) is 0 Å². The Morgan fingerprint density at radius 2 is 2.19 bits per heavy atom. The molecule has 1 aromatic heterocycles. The summed E-state index contributed by atoms with van der Waals surface area (Å²) in [5, 5.41) is 2.94. The second kappa shape index (κ2) is 5.72. The molecule has 0 fully saturated rings. The smallest absolute Gasteiger partial charge is 0.247 e. The van der Waals surface area contributed by atoms with Gasteiger partial charge in [-0.25, -0.2) is 9.71 Å². The van der Waals surface area contributed by atoms with Gasteiger partial charge in [-0.05, 0) is 20.8 Å². The van der Waals surface area contributed by atoms with E-state index in [9.17, 15) is 8.42 Å². The van der Waals surface area contributed by atoms with Crippen molar-refractivity contribution in [1.29, 1.82) is 0 Å². The Hall–Kier alpha value is -0.500. The minimum atomic E-state index is -3.37. The van der Waals surface area contributed by atoms with Crippen LogP contribution in [0, 0.1) is 6.92 Å². The van der Waals surface area contributed by atoms with Gasteiger partial charge in [0, 0.05) is 24.4 Å². The minimum absolute atomic E-state index is 0.0981. The Labute approximate surface area is 100 Å². The van der Waals surface area contributed by atoms with E-state index in [0.29, 0.717) is 13.0 Å². The number of thiazole rings is 1. The van der Waals surface area contributed by atoms with Gasteiger partial charge in [-0.2, -0.15) is 13.1 Å². The average Bonchev–Trinajstić information content (AvgIpc) is 2.48. The molecule has 0 aliphatic rings. The highest BCUT2D eigenvalue weighted by Gasteiger charge is 2.10. The molecule has 0 saturated carbocycles. The van der Waals surface area contributed by atoms with Crippen LogP contribution in [0.25, 0.3) is 0 Å². The number of hydrogen-bond acceptors (Lipinski definition) is 4. The lowest BCUT2D eigenvalue weighted by Gasteiger charge is -2.09. The summed E-state index contributed by atoms with van der Waals surface area (Å²) in [4.78, 5) is 4.25. The molecular weight excluding hydrogens is 246 g/mol. The number of aromatic nitrogens is 1. The second-order valence-corrected chi connectivity index (χ2v) is 6.37. The van der Waals surface area contributed by atoms with Crippen molar-refractivity contribution in [3.05, 3.63) is 16.1 Å². The van der Waals surface area contributed by atoms with Crippen LogP contribution in [0.15, 0.2) is 5.38 Å². The van der Waals surface area contributed by atoms with E-state index in [4.69, 9.17) is 0 Å². The third-order valence-corrected chi connectivity index (χ3v) is 3.92. The molecule has 0 unspecified atom stereocenters. The molecule has 0 atom stereocenters. The Kier molecular flexibility index (Phi) is 4.85. The van der Waals surface area contributed by atoms with Crippen LogP contribution in [0.4, 0.5) is 0 Å². The van der Waals surface area contributed by atoms with Gasteiger partial charge >= 0.3 is 0 Å². The van der Waals surface area contributed by atoms with Gasteiger partial charge < -0.3 is 0 Å². The first-order valence-electron chi connectivity index (χ1n) is 5.07. The van der Waals surface area contributed by atoms with Crippen molar-refractivity contribution in [2.45, 2.75) is 33.2 Å². The fraction of sp³-hybridized carbons (Fsp3) is 0.667. The summed E-state index contributed by atoms with van der Waals surface area (Å²) in [6.07, 6.45) is 0.614. The average molecular weight is 263 g/mol. The first kappa shape index (κ1) is 13.6. The molecule has 0 aliphatic heterocycles. The van der Waals surface area contributed by atoms with E-state index in [-0.39, 0.29) is 6.04 Å². The van der Waals surface area contributed by atoms with E-state index < -0.39 is 10.2 Å². The molecule has 1 aromatic rings. The van der Waals surface area contributed by atoms with Crippen LogP contribution in [-0.4, -0.2) is 26.0 Å². The lowest BCUT2D eigenvalue weighted by molar-refractivity contribution is 0.555. The van der Waals surface area contributed by atoms with Gasteiger partial charge in [0.05, 0.1) is 10.7 Å². The van der Waals surface area contributed by atoms with E-state index in [1.165, 1.54) is 0 Å². The lowest BCUT2D eigenvalue weighted by Crippen LogP contribution is -2.41. The molecule has 0 spiro atoms.